The molecule has 4 rings (SSSR count). The SMILES string of the molecule is Cc1ccc2oc(C(=O)Nc3ccccc3-c3ccccc3)cc2n1. The Morgan fingerprint density at radius 2 is 1.72 bits per heavy atom. The van der Waals surface area contributed by atoms with Crippen LogP contribution in [0.5, 0.6) is 0 Å². The molecule has 122 valence electrons. The van der Waals surface area contributed by atoms with Gasteiger partial charge in [0, 0.05) is 23.0 Å². The average Bonchev–Trinajstić information content (AvgIpc) is 3.06. The molecule has 2 heterocycles. The number of rotatable bonds is 3. The molecule has 0 saturated heterocycles. The third kappa shape index (κ3) is 3.02. The first-order valence-electron chi connectivity index (χ1n) is 8.04. The number of furan rings is 1. The summed E-state index contributed by atoms with van der Waals surface area (Å²) in [5.41, 5.74) is 4.91. The van der Waals surface area contributed by atoms with Crippen molar-refractivity contribution in [3.63, 3.8) is 0 Å². The number of aryl methyl sites for hydroxylation is 1. The van der Waals surface area contributed by atoms with E-state index in [1.165, 1.54) is 0 Å². The number of anilines is 1. The van der Waals surface area contributed by atoms with E-state index in [0.29, 0.717) is 11.1 Å². The first-order valence-corrected chi connectivity index (χ1v) is 8.04. The van der Waals surface area contributed by atoms with Crippen molar-refractivity contribution < 1.29 is 9.21 Å². The molecule has 4 aromatic rings. The van der Waals surface area contributed by atoms with Crippen molar-refractivity contribution in [1.82, 2.24) is 4.98 Å². The molecule has 2 aromatic carbocycles. The number of fused-ring (bicyclic) bond motifs is 1. The molecule has 4 heteroatoms. The minimum atomic E-state index is -0.293. The Bertz CT molecular complexity index is 1050. The second kappa shape index (κ2) is 6.24. The maximum Gasteiger partial charge on any atom is 0.291 e. The smallest absolute Gasteiger partial charge is 0.291 e. The first-order chi connectivity index (χ1) is 12.2. The zero-order valence-electron chi connectivity index (χ0n) is 13.7. The van der Waals surface area contributed by atoms with Gasteiger partial charge in [0.25, 0.3) is 5.91 Å². The van der Waals surface area contributed by atoms with Crippen LogP contribution in [-0.2, 0) is 0 Å². The fraction of sp³-hybridized carbons (Fsp3) is 0.0476. The van der Waals surface area contributed by atoms with Gasteiger partial charge in [0.05, 0.1) is 0 Å². The molecule has 0 radical (unpaired) electrons. The fourth-order valence-electron chi connectivity index (χ4n) is 2.78. The molecule has 2 aromatic heterocycles. The number of hydrogen-bond donors (Lipinski definition) is 1. The number of carbonyl (C=O) groups is 1. The predicted molar refractivity (Wildman–Crippen MR) is 98.6 cm³/mol. The van der Waals surface area contributed by atoms with Gasteiger partial charge in [-0.05, 0) is 30.7 Å². The maximum absolute atomic E-state index is 12.6. The number of nitrogens with one attached hydrogen (secondary N) is 1. The van der Waals surface area contributed by atoms with Crippen LogP contribution < -0.4 is 5.32 Å². The third-order valence-electron chi connectivity index (χ3n) is 4.00. The maximum atomic E-state index is 12.6. The lowest BCUT2D eigenvalue weighted by Gasteiger charge is -2.10. The topological polar surface area (TPSA) is 55.1 Å². The van der Waals surface area contributed by atoms with E-state index < -0.39 is 0 Å². The fourth-order valence-corrected chi connectivity index (χ4v) is 2.78. The molecular formula is C21H16N2O2. The van der Waals surface area contributed by atoms with E-state index in [4.69, 9.17) is 4.42 Å². The molecule has 0 bridgehead atoms. The minimum Gasteiger partial charge on any atom is -0.449 e. The van der Waals surface area contributed by atoms with Crippen LogP contribution in [0, 0.1) is 6.92 Å². The van der Waals surface area contributed by atoms with Crippen LogP contribution in [0.3, 0.4) is 0 Å². The van der Waals surface area contributed by atoms with Gasteiger partial charge in [0.2, 0.25) is 0 Å². The van der Waals surface area contributed by atoms with Crippen LogP contribution in [0.2, 0.25) is 0 Å². The third-order valence-corrected chi connectivity index (χ3v) is 4.00. The summed E-state index contributed by atoms with van der Waals surface area (Å²) in [5.74, 6) is -0.0463. The highest BCUT2D eigenvalue weighted by atomic mass is 16.3. The monoisotopic (exact) mass is 328 g/mol. The van der Waals surface area contributed by atoms with Crippen molar-refractivity contribution in [3.05, 3.63) is 84.3 Å². The van der Waals surface area contributed by atoms with Gasteiger partial charge < -0.3 is 9.73 Å². The summed E-state index contributed by atoms with van der Waals surface area (Å²) in [6, 6.07) is 23.0. The Labute approximate surface area is 145 Å². The van der Waals surface area contributed by atoms with Gasteiger partial charge in [-0.15, -0.1) is 0 Å². The lowest BCUT2D eigenvalue weighted by Crippen LogP contribution is -2.11. The van der Waals surface area contributed by atoms with Crippen molar-refractivity contribution in [3.8, 4) is 11.1 Å². The normalized spacial score (nSPS) is 10.8. The first kappa shape index (κ1) is 15.1. The van der Waals surface area contributed by atoms with Gasteiger partial charge >= 0.3 is 0 Å². The molecular weight excluding hydrogens is 312 g/mol. The molecule has 25 heavy (non-hydrogen) atoms. The Hall–Kier alpha value is -3.40. The van der Waals surface area contributed by atoms with Crippen LogP contribution in [0.25, 0.3) is 22.2 Å². The molecule has 0 unspecified atom stereocenters. The van der Waals surface area contributed by atoms with E-state index >= 15 is 0 Å². The molecule has 0 atom stereocenters. The lowest BCUT2D eigenvalue weighted by molar-refractivity contribution is 0.0999. The van der Waals surface area contributed by atoms with Crippen molar-refractivity contribution in [1.29, 1.82) is 0 Å². The number of aromatic nitrogens is 1. The Kier molecular flexibility index (Phi) is 3.78. The molecule has 0 fully saturated rings. The van der Waals surface area contributed by atoms with E-state index in [2.05, 4.69) is 10.3 Å². The van der Waals surface area contributed by atoms with E-state index in [-0.39, 0.29) is 11.7 Å². The highest BCUT2D eigenvalue weighted by Gasteiger charge is 2.15. The van der Waals surface area contributed by atoms with Crippen LogP contribution in [0.1, 0.15) is 16.2 Å². The van der Waals surface area contributed by atoms with Gasteiger partial charge in [0.1, 0.15) is 5.52 Å². The van der Waals surface area contributed by atoms with Gasteiger partial charge in [-0.1, -0.05) is 48.5 Å². The van der Waals surface area contributed by atoms with Gasteiger partial charge in [-0.2, -0.15) is 0 Å². The van der Waals surface area contributed by atoms with Gasteiger partial charge in [-0.3, -0.25) is 4.79 Å². The zero-order valence-corrected chi connectivity index (χ0v) is 13.7. The predicted octanol–water partition coefficient (Wildman–Crippen LogP) is 5.06. The van der Waals surface area contributed by atoms with E-state index in [9.17, 15) is 4.79 Å². The molecule has 1 amide bonds. The number of amides is 1. The van der Waals surface area contributed by atoms with E-state index in [0.717, 1.165) is 22.5 Å². The largest absolute Gasteiger partial charge is 0.449 e. The van der Waals surface area contributed by atoms with Gasteiger partial charge in [-0.25, -0.2) is 4.98 Å². The van der Waals surface area contributed by atoms with Crippen LogP contribution in [0.15, 0.2) is 77.2 Å². The zero-order chi connectivity index (χ0) is 17.2. The summed E-state index contributed by atoms with van der Waals surface area (Å²) < 4.78 is 5.63. The number of para-hydroxylation sites is 1. The quantitative estimate of drug-likeness (QED) is 0.572. The summed E-state index contributed by atoms with van der Waals surface area (Å²) in [6.07, 6.45) is 0. The highest BCUT2D eigenvalue weighted by Crippen LogP contribution is 2.28. The highest BCUT2D eigenvalue weighted by molar-refractivity contribution is 6.06. The van der Waals surface area contributed by atoms with Crippen molar-refractivity contribution in [2.24, 2.45) is 0 Å². The molecule has 4 nitrogen and oxygen atoms in total. The van der Waals surface area contributed by atoms with Crippen LogP contribution >= 0.6 is 0 Å². The molecule has 0 spiro atoms. The number of hydrogen-bond acceptors (Lipinski definition) is 3. The van der Waals surface area contributed by atoms with Crippen LogP contribution in [0.4, 0.5) is 5.69 Å². The molecule has 0 saturated carbocycles. The summed E-state index contributed by atoms with van der Waals surface area (Å²) in [5, 5.41) is 2.94. The average molecular weight is 328 g/mol. The number of nitrogens with zero attached hydrogens (tertiary/aromatic N) is 1. The second-order valence-corrected chi connectivity index (χ2v) is 5.81. The molecule has 0 aliphatic carbocycles. The summed E-state index contributed by atoms with van der Waals surface area (Å²) in [6.45, 7) is 1.91. The second-order valence-electron chi connectivity index (χ2n) is 5.81. The van der Waals surface area contributed by atoms with Crippen LogP contribution in [-0.4, -0.2) is 10.9 Å². The summed E-state index contributed by atoms with van der Waals surface area (Å²) in [4.78, 5) is 17.0. The summed E-state index contributed by atoms with van der Waals surface area (Å²) in [7, 11) is 0. The molecule has 0 aliphatic heterocycles. The lowest BCUT2D eigenvalue weighted by atomic mass is 10.0. The Morgan fingerprint density at radius 1 is 0.960 bits per heavy atom. The number of pyridine rings is 1. The van der Waals surface area contributed by atoms with E-state index in [1.807, 2.05) is 73.7 Å². The minimum absolute atomic E-state index is 0.246. The van der Waals surface area contributed by atoms with E-state index in [1.54, 1.807) is 6.07 Å². The van der Waals surface area contributed by atoms with Gasteiger partial charge in [0.15, 0.2) is 11.3 Å². The molecule has 0 aliphatic rings. The Morgan fingerprint density at radius 3 is 2.56 bits per heavy atom. The van der Waals surface area contributed by atoms with Crippen molar-refractivity contribution in [2.75, 3.05) is 5.32 Å². The Balaban J connectivity index is 1.67. The summed E-state index contributed by atoms with van der Waals surface area (Å²) >= 11 is 0. The molecule has 1 N–H and O–H groups in total. The number of benzene rings is 2. The standard InChI is InChI=1S/C21H16N2O2/c1-14-11-12-19-18(22-14)13-20(25-19)21(24)23-17-10-6-5-9-16(17)15-7-3-2-4-8-15/h2-13H,1H3,(H,23,24). The van der Waals surface area contributed by atoms with Crippen molar-refractivity contribution in [2.45, 2.75) is 6.92 Å². The van der Waals surface area contributed by atoms with Crippen molar-refractivity contribution >= 4 is 22.7 Å². The number of carbonyl (C=O) groups excluding carboxylic acids is 1.